The summed E-state index contributed by atoms with van der Waals surface area (Å²) in [6.07, 6.45) is 3.45. The molecule has 4 unspecified atom stereocenters. The zero-order valence-electron chi connectivity index (χ0n) is 14.8. The highest BCUT2D eigenvalue weighted by Crippen LogP contribution is 2.48. The van der Waals surface area contributed by atoms with E-state index < -0.39 is 23.4 Å². The van der Waals surface area contributed by atoms with Crippen molar-refractivity contribution in [1.29, 1.82) is 0 Å². The second-order valence-electron chi connectivity index (χ2n) is 7.56. The number of ketones is 1. The normalized spacial score (nSPS) is 30.8. The number of nitrogens with one attached hydrogen (secondary N) is 1. The molecule has 0 radical (unpaired) electrons. The zero-order valence-corrected chi connectivity index (χ0v) is 14.8. The standard InChI is InChI=1S/C22H17FN2O3/c23-14-6-4-5-13(11-14)12-22-10-9-16(26)19(24-22)17-18(22)21(28)25(20(17)27)15-7-2-1-3-8-15/h1-11,17-19,24H,12H2. The van der Waals surface area contributed by atoms with Crippen LogP contribution in [0, 0.1) is 17.7 Å². The van der Waals surface area contributed by atoms with Gasteiger partial charge < -0.3 is 0 Å². The average Bonchev–Trinajstić information content (AvgIpc) is 3.11. The van der Waals surface area contributed by atoms with Crippen LogP contribution in [0.4, 0.5) is 10.1 Å². The Morgan fingerprint density at radius 1 is 1.00 bits per heavy atom. The Balaban J connectivity index is 1.59. The summed E-state index contributed by atoms with van der Waals surface area (Å²) < 4.78 is 13.7. The number of anilines is 1. The van der Waals surface area contributed by atoms with Gasteiger partial charge in [-0.2, -0.15) is 0 Å². The van der Waals surface area contributed by atoms with Gasteiger partial charge in [0.25, 0.3) is 0 Å². The van der Waals surface area contributed by atoms with Crippen LogP contribution >= 0.6 is 0 Å². The molecule has 0 aliphatic carbocycles. The number of fused-ring (bicyclic) bond motifs is 5. The van der Waals surface area contributed by atoms with Gasteiger partial charge in [0.2, 0.25) is 11.8 Å². The van der Waals surface area contributed by atoms with Gasteiger partial charge in [-0.1, -0.05) is 36.4 Å². The van der Waals surface area contributed by atoms with E-state index in [0.717, 1.165) is 0 Å². The van der Waals surface area contributed by atoms with Crippen LogP contribution in [-0.4, -0.2) is 29.2 Å². The molecule has 3 aliphatic rings. The molecule has 5 nitrogen and oxygen atoms in total. The number of hydrogen-bond donors (Lipinski definition) is 1. The van der Waals surface area contributed by atoms with E-state index >= 15 is 0 Å². The topological polar surface area (TPSA) is 66.5 Å². The van der Waals surface area contributed by atoms with Gasteiger partial charge in [0.1, 0.15) is 5.82 Å². The van der Waals surface area contributed by atoms with Crippen LogP contribution in [0.25, 0.3) is 0 Å². The Kier molecular flexibility index (Phi) is 3.61. The average molecular weight is 376 g/mol. The molecule has 2 aromatic rings. The van der Waals surface area contributed by atoms with E-state index in [0.29, 0.717) is 17.7 Å². The Morgan fingerprint density at radius 3 is 2.54 bits per heavy atom. The molecule has 28 heavy (non-hydrogen) atoms. The maximum atomic E-state index is 13.7. The molecule has 0 saturated carbocycles. The fourth-order valence-electron chi connectivity index (χ4n) is 4.81. The molecule has 0 aromatic heterocycles. The van der Waals surface area contributed by atoms with Crippen molar-refractivity contribution >= 4 is 23.3 Å². The molecule has 140 valence electrons. The number of nitrogens with zero attached hydrogens (tertiary/aromatic N) is 1. The number of para-hydroxylation sites is 1. The third-order valence-electron chi connectivity index (χ3n) is 5.94. The molecule has 3 aliphatic heterocycles. The number of amides is 2. The Labute approximate surface area is 160 Å². The number of hydrogen-bond acceptors (Lipinski definition) is 4. The van der Waals surface area contributed by atoms with Crippen molar-refractivity contribution in [1.82, 2.24) is 5.32 Å². The smallest absolute Gasteiger partial charge is 0.239 e. The van der Waals surface area contributed by atoms with Crippen LogP contribution in [0.3, 0.4) is 0 Å². The van der Waals surface area contributed by atoms with Crippen molar-refractivity contribution in [2.75, 3.05) is 4.90 Å². The summed E-state index contributed by atoms with van der Waals surface area (Å²) in [5, 5.41) is 3.23. The molecule has 2 bridgehead atoms. The van der Waals surface area contributed by atoms with Crippen LogP contribution in [0.5, 0.6) is 0 Å². The molecule has 1 N–H and O–H groups in total. The van der Waals surface area contributed by atoms with Gasteiger partial charge in [0.15, 0.2) is 5.78 Å². The van der Waals surface area contributed by atoms with Crippen molar-refractivity contribution in [2.24, 2.45) is 11.8 Å². The van der Waals surface area contributed by atoms with E-state index in [1.165, 1.54) is 23.1 Å². The summed E-state index contributed by atoms with van der Waals surface area (Å²) >= 11 is 0. The Morgan fingerprint density at radius 2 is 1.79 bits per heavy atom. The van der Waals surface area contributed by atoms with E-state index in [1.807, 2.05) is 6.07 Å². The molecule has 3 heterocycles. The lowest BCUT2D eigenvalue weighted by Gasteiger charge is -2.34. The lowest BCUT2D eigenvalue weighted by Crippen LogP contribution is -2.55. The van der Waals surface area contributed by atoms with E-state index in [4.69, 9.17) is 0 Å². The van der Waals surface area contributed by atoms with Crippen molar-refractivity contribution in [3.8, 4) is 0 Å². The van der Waals surface area contributed by atoms with Gasteiger partial charge in [-0.05, 0) is 42.3 Å². The van der Waals surface area contributed by atoms with Gasteiger partial charge >= 0.3 is 0 Å². The highest BCUT2D eigenvalue weighted by molar-refractivity contribution is 6.25. The number of halogens is 1. The molecule has 6 heteroatoms. The van der Waals surface area contributed by atoms with Gasteiger partial charge in [-0.3, -0.25) is 19.7 Å². The van der Waals surface area contributed by atoms with Crippen LogP contribution in [-0.2, 0) is 20.8 Å². The second kappa shape index (κ2) is 5.94. The minimum Gasteiger partial charge on any atom is -0.296 e. The first-order valence-corrected chi connectivity index (χ1v) is 9.18. The number of imide groups is 1. The summed E-state index contributed by atoms with van der Waals surface area (Å²) in [4.78, 5) is 40.2. The lowest BCUT2D eigenvalue weighted by molar-refractivity contribution is -0.126. The van der Waals surface area contributed by atoms with Crippen LogP contribution in [0.1, 0.15) is 5.56 Å². The highest BCUT2D eigenvalue weighted by Gasteiger charge is 2.66. The third kappa shape index (κ3) is 2.31. The van der Waals surface area contributed by atoms with E-state index in [9.17, 15) is 18.8 Å². The molecule has 0 spiro atoms. The minimum absolute atomic E-state index is 0.210. The maximum absolute atomic E-state index is 13.7. The fraction of sp³-hybridized carbons (Fsp3) is 0.227. The van der Waals surface area contributed by atoms with Gasteiger partial charge in [0, 0.05) is 0 Å². The number of carbonyl (C=O) groups is 3. The first kappa shape index (κ1) is 17.0. The van der Waals surface area contributed by atoms with Crippen molar-refractivity contribution in [3.63, 3.8) is 0 Å². The van der Waals surface area contributed by atoms with Crippen molar-refractivity contribution < 1.29 is 18.8 Å². The number of rotatable bonds is 3. The predicted molar refractivity (Wildman–Crippen MR) is 99.8 cm³/mol. The molecule has 2 amide bonds. The fourth-order valence-corrected chi connectivity index (χ4v) is 4.81. The van der Waals surface area contributed by atoms with Crippen molar-refractivity contribution in [2.45, 2.75) is 18.0 Å². The molecule has 2 fully saturated rings. The summed E-state index contributed by atoms with van der Waals surface area (Å²) in [6.45, 7) is 0. The number of benzene rings is 2. The molecular weight excluding hydrogens is 359 g/mol. The van der Waals surface area contributed by atoms with E-state index in [-0.39, 0.29) is 23.4 Å². The lowest BCUT2D eigenvalue weighted by atomic mass is 9.77. The molecular formula is C22H17FN2O3. The molecule has 2 aromatic carbocycles. The summed E-state index contributed by atoms with van der Waals surface area (Å²) in [5.74, 6) is -2.74. The third-order valence-corrected chi connectivity index (χ3v) is 5.94. The Hall–Kier alpha value is -3.12. The quantitative estimate of drug-likeness (QED) is 0.833. The predicted octanol–water partition coefficient (Wildman–Crippen LogP) is 2.02. The van der Waals surface area contributed by atoms with Crippen molar-refractivity contribution in [3.05, 3.63) is 78.1 Å². The monoisotopic (exact) mass is 376 g/mol. The largest absolute Gasteiger partial charge is 0.296 e. The summed E-state index contributed by atoms with van der Waals surface area (Å²) in [6, 6.07) is 14.2. The maximum Gasteiger partial charge on any atom is 0.239 e. The SMILES string of the molecule is O=C1C=CC2(Cc3cccc(F)c3)NC1C1C(=O)N(c3ccccc3)C(=O)C12. The second-order valence-corrected chi connectivity index (χ2v) is 7.56. The molecule has 4 atom stereocenters. The Bertz CT molecular complexity index is 1040. The van der Waals surface area contributed by atoms with Gasteiger partial charge in [-0.25, -0.2) is 9.29 Å². The molecule has 2 saturated heterocycles. The zero-order chi connectivity index (χ0) is 19.5. The van der Waals surface area contributed by atoms with Crippen LogP contribution in [0.15, 0.2) is 66.7 Å². The van der Waals surface area contributed by atoms with E-state index in [2.05, 4.69) is 5.32 Å². The van der Waals surface area contributed by atoms with Gasteiger partial charge in [0.05, 0.1) is 29.1 Å². The number of carbonyl (C=O) groups excluding carboxylic acids is 3. The first-order valence-electron chi connectivity index (χ1n) is 9.18. The summed E-state index contributed by atoms with van der Waals surface area (Å²) in [7, 11) is 0. The highest BCUT2D eigenvalue weighted by atomic mass is 19.1. The van der Waals surface area contributed by atoms with Gasteiger partial charge in [-0.15, -0.1) is 0 Å². The van der Waals surface area contributed by atoms with Crippen LogP contribution in [0.2, 0.25) is 0 Å². The summed E-state index contributed by atoms with van der Waals surface area (Å²) in [5.41, 5.74) is 0.305. The van der Waals surface area contributed by atoms with Crippen LogP contribution < -0.4 is 10.2 Å². The molecule has 5 rings (SSSR count). The van der Waals surface area contributed by atoms with E-state index in [1.54, 1.807) is 42.5 Å². The minimum atomic E-state index is -0.896. The first-order chi connectivity index (χ1) is 13.5.